The van der Waals surface area contributed by atoms with Gasteiger partial charge in [0.05, 0.1) is 0 Å². The minimum absolute atomic E-state index is 0.0480. The molecule has 4 heteroatoms. The molecule has 0 atom stereocenters. The van der Waals surface area contributed by atoms with Crippen LogP contribution in [0.4, 0.5) is 0 Å². The molecule has 2 nitrogen and oxygen atoms in total. The van der Waals surface area contributed by atoms with Crippen LogP contribution in [0.5, 0.6) is 0 Å². The summed E-state index contributed by atoms with van der Waals surface area (Å²) in [5, 5.41) is 2.29. The fourth-order valence-electron chi connectivity index (χ4n) is 1.66. The van der Waals surface area contributed by atoms with Crippen molar-refractivity contribution in [2.24, 2.45) is 0 Å². The average molecular weight is 280 g/mol. The van der Waals surface area contributed by atoms with Gasteiger partial charge in [-0.1, -0.05) is 15.9 Å². The molecule has 2 aromatic heterocycles. The predicted molar refractivity (Wildman–Crippen MR) is 67.7 cm³/mol. The van der Waals surface area contributed by atoms with Crippen LogP contribution in [0.1, 0.15) is 0 Å². The number of pyridine rings is 1. The van der Waals surface area contributed by atoms with E-state index in [4.69, 9.17) is 0 Å². The maximum atomic E-state index is 11.2. The van der Waals surface area contributed by atoms with E-state index in [2.05, 4.69) is 33.0 Å². The second-order valence-electron chi connectivity index (χ2n) is 3.31. The van der Waals surface area contributed by atoms with Crippen LogP contribution in [-0.2, 0) is 0 Å². The number of rotatable bonds is 0. The molecule has 3 aromatic rings. The van der Waals surface area contributed by atoms with Crippen LogP contribution < -0.4 is 5.56 Å². The van der Waals surface area contributed by atoms with Gasteiger partial charge in [0.2, 0.25) is 5.56 Å². The van der Waals surface area contributed by atoms with E-state index in [-0.39, 0.29) is 5.56 Å². The summed E-state index contributed by atoms with van der Waals surface area (Å²) in [4.78, 5) is 15.0. The zero-order chi connectivity index (χ0) is 10.4. The minimum atomic E-state index is -0.0480. The van der Waals surface area contributed by atoms with E-state index >= 15 is 0 Å². The third-order valence-corrected chi connectivity index (χ3v) is 3.92. The zero-order valence-corrected chi connectivity index (χ0v) is 9.98. The third-order valence-electron chi connectivity index (χ3n) is 2.33. The number of halogens is 1. The molecule has 0 unspecified atom stereocenters. The van der Waals surface area contributed by atoms with Crippen molar-refractivity contribution in [3.63, 3.8) is 0 Å². The molecule has 0 fully saturated rings. The maximum absolute atomic E-state index is 11.2. The number of aromatic nitrogens is 1. The quantitative estimate of drug-likeness (QED) is 0.671. The van der Waals surface area contributed by atoms with Crippen molar-refractivity contribution in [2.45, 2.75) is 0 Å². The molecule has 2 heterocycles. The fraction of sp³-hybridized carbons (Fsp3) is 0. The lowest BCUT2D eigenvalue weighted by Crippen LogP contribution is -2.00. The second-order valence-corrected chi connectivity index (χ2v) is 5.28. The monoisotopic (exact) mass is 279 g/mol. The summed E-state index contributed by atoms with van der Waals surface area (Å²) in [6.07, 6.45) is 0. The molecule has 74 valence electrons. The largest absolute Gasteiger partial charge is 0.314 e. The predicted octanol–water partition coefficient (Wildman–Crippen LogP) is 3.51. The number of hydrogen-bond donors (Lipinski definition) is 1. The van der Waals surface area contributed by atoms with Crippen molar-refractivity contribution >= 4 is 47.6 Å². The Morgan fingerprint density at radius 3 is 2.87 bits per heavy atom. The highest BCUT2D eigenvalue weighted by Crippen LogP contribution is 2.33. The van der Waals surface area contributed by atoms with E-state index in [1.807, 2.05) is 12.1 Å². The van der Waals surface area contributed by atoms with Crippen molar-refractivity contribution in [2.75, 3.05) is 0 Å². The highest BCUT2D eigenvalue weighted by molar-refractivity contribution is 9.10. The van der Waals surface area contributed by atoms with Gasteiger partial charge < -0.3 is 4.98 Å². The average Bonchev–Trinajstić information content (AvgIpc) is 2.54. The van der Waals surface area contributed by atoms with Gasteiger partial charge >= 0.3 is 0 Å². The van der Waals surface area contributed by atoms with E-state index in [0.29, 0.717) is 0 Å². The van der Waals surface area contributed by atoms with Gasteiger partial charge in [-0.25, -0.2) is 0 Å². The van der Waals surface area contributed by atoms with Crippen molar-refractivity contribution in [3.8, 4) is 0 Å². The number of fused-ring (bicyclic) bond motifs is 3. The second kappa shape index (κ2) is 3.18. The highest BCUT2D eigenvalue weighted by Gasteiger charge is 2.05. The lowest BCUT2D eigenvalue weighted by molar-refractivity contribution is 1.33. The van der Waals surface area contributed by atoms with Crippen LogP contribution >= 0.6 is 27.3 Å². The first-order valence-corrected chi connectivity index (χ1v) is 6.06. The van der Waals surface area contributed by atoms with Gasteiger partial charge in [0.25, 0.3) is 0 Å². The SMILES string of the molecule is O=c1ccc2c([nH]1)sc1ccc(Br)cc12. The molecule has 0 aliphatic heterocycles. The normalized spacial score (nSPS) is 11.3. The van der Waals surface area contributed by atoms with E-state index in [0.717, 1.165) is 14.7 Å². The number of aromatic amines is 1. The van der Waals surface area contributed by atoms with Crippen LogP contribution in [0.15, 0.2) is 39.6 Å². The standard InChI is InChI=1S/C11H6BrNOS/c12-6-1-3-9-8(5-6)7-2-4-10(14)13-11(7)15-9/h1-5H,(H,13,14). The van der Waals surface area contributed by atoms with E-state index < -0.39 is 0 Å². The zero-order valence-electron chi connectivity index (χ0n) is 7.58. The van der Waals surface area contributed by atoms with E-state index in [9.17, 15) is 4.79 Å². The Kier molecular flexibility index (Phi) is 1.94. The number of benzene rings is 1. The molecule has 0 aliphatic carbocycles. The van der Waals surface area contributed by atoms with Gasteiger partial charge in [-0.3, -0.25) is 4.79 Å². The Bertz CT molecular complexity index is 713. The van der Waals surface area contributed by atoms with Gasteiger partial charge in [0.1, 0.15) is 4.83 Å². The molecule has 0 radical (unpaired) electrons. The van der Waals surface area contributed by atoms with Crippen molar-refractivity contribution < 1.29 is 0 Å². The van der Waals surface area contributed by atoms with Crippen LogP contribution in [0.3, 0.4) is 0 Å². The summed E-state index contributed by atoms with van der Waals surface area (Å²) in [7, 11) is 0. The molecule has 1 N–H and O–H groups in total. The minimum Gasteiger partial charge on any atom is -0.314 e. The molecule has 0 amide bonds. The van der Waals surface area contributed by atoms with Crippen LogP contribution in [0.25, 0.3) is 20.3 Å². The van der Waals surface area contributed by atoms with Gasteiger partial charge in [0.15, 0.2) is 0 Å². The number of thiophene rings is 1. The molecule has 0 bridgehead atoms. The van der Waals surface area contributed by atoms with Gasteiger partial charge in [0, 0.05) is 26.0 Å². The summed E-state index contributed by atoms with van der Waals surface area (Å²) in [6, 6.07) is 9.58. The highest BCUT2D eigenvalue weighted by atomic mass is 79.9. The smallest absolute Gasteiger partial charge is 0.249 e. The third kappa shape index (κ3) is 1.41. The van der Waals surface area contributed by atoms with Crippen molar-refractivity contribution in [3.05, 3.63) is 45.2 Å². The van der Waals surface area contributed by atoms with Gasteiger partial charge in [-0.2, -0.15) is 0 Å². The molecule has 0 aliphatic rings. The van der Waals surface area contributed by atoms with Crippen LogP contribution in [0, 0.1) is 0 Å². The van der Waals surface area contributed by atoms with Gasteiger partial charge in [-0.15, -0.1) is 11.3 Å². The summed E-state index contributed by atoms with van der Waals surface area (Å²) in [5.74, 6) is 0. The van der Waals surface area contributed by atoms with E-state index in [1.54, 1.807) is 17.4 Å². The first kappa shape index (κ1) is 9.12. The first-order valence-electron chi connectivity index (χ1n) is 4.45. The van der Waals surface area contributed by atoms with Gasteiger partial charge in [-0.05, 0) is 24.3 Å². The number of H-pyrrole nitrogens is 1. The molecular formula is C11H6BrNOS. The molecule has 0 spiro atoms. The van der Waals surface area contributed by atoms with Crippen LogP contribution in [-0.4, -0.2) is 4.98 Å². The summed E-state index contributed by atoms with van der Waals surface area (Å²) < 4.78 is 2.25. The molecule has 15 heavy (non-hydrogen) atoms. The van der Waals surface area contributed by atoms with Crippen molar-refractivity contribution in [1.29, 1.82) is 0 Å². The molecule has 3 rings (SSSR count). The number of hydrogen-bond acceptors (Lipinski definition) is 2. The van der Waals surface area contributed by atoms with Crippen molar-refractivity contribution in [1.82, 2.24) is 4.98 Å². The lowest BCUT2D eigenvalue weighted by atomic mass is 10.2. The van der Waals surface area contributed by atoms with E-state index in [1.165, 1.54) is 10.1 Å². The molecular weight excluding hydrogens is 274 g/mol. The molecule has 1 aromatic carbocycles. The Labute approximate surface area is 97.7 Å². The topological polar surface area (TPSA) is 32.9 Å². The Morgan fingerprint density at radius 1 is 1.13 bits per heavy atom. The summed E-state index contributed by atoms with van der Waals surface area (Å²) in [5.41, 5.74) is -0.0480. The Balaban J connectivity index is 2.58. The Hall–Kier alpha value is -1.13. The summed E-state index contributed by atoms with van der Waals surface area (Å²) in [6.45, 7) is 0. The fourth-order valence-corrected chi connectivity index (χ4v) is 3.10. The summed E-state index contributed by atoms with van der Waals surface area (Å²) >= 11 is 5.06. The Morgan fingerprint density at radius 2 is 2.00 bits per heavy atom. The lowest BCUT2D eigenvalue weighted by Gasteiger charge is -1.91. The molecule has 0 saturated carbocycles. The first-order chi connectivity index (χ1) is 7.24. The molecule has 0 saturated heterocycles. The number of nitrogens with one attached hydrogen (secondary N) is 1. The maximum Gasteiger partial charge on any atom is 0.249 e. The van der Waals surface area contributed by atoms with Crippen LogP contribution in [0.2, 0.25) is 0 Å².